The Labute approximate surface area is 105 Å². The maximum atomic E-state index is 14.3. The average Bonchev–Trinajstić information content (AvgIpc) is 2.92. The summed E-state index contributed by atoms with van der Waals surface area (Å²) in [6.45, 7) is 1.77. The summed E-state index contributed by atoms with van der Waals surface area (Å²) in [6, 6.07) is 1.96. The molecule has 2 aliphatic heterocycles. The Morgan fingerprint density at radius 3 is 2.94 bits per heavy atom. The fourth-order valence-corrected chi connectivity index (χ4v) is 2.56. The van der Waals surface area contributed by atoms with Gasteiger partial charge in [0.15, 0.2) is 11.5 Å². The largest absolute Gasteiger partial charge is 0.493 e. The van der Waals surface area contributed by atoms with Crippen LogP contribution in [0.1, 0.15) is 24.4 Å². The number of methoxy groups -OCH3 is 1. The molecule has 0 radical (unpaired) electrons. The molecule has 1 N–H and O–H groups in total. The SMILES string of the molecule is COc1c(C2CCCN2)cc2c(c1F)OCCO2. The Balaban J connectivity index is 2.09. The lowest BCUT2D eigenvalue weighted by atomic mass is 10.0. The third kappa shape index (κ3) is 1.79. The molecule has 1 saturated heterocycles. The number of ether oxygens (including phenoxy) is 3. The normalized spacial score (nSPS) is 22.0. The molecule has 1 atom stereocenters. The van der Waals surface area contributed by atoms with Crippen LogP contribution in [0.3, 0.4) is 0 Å². The molecule has 18 heavy (non-hydrogen) atoms. The minimum absolute atomic E-state index is 0.130. The average molecular weight is 253 g/mol. The molecule has 1 aromatic rings. The van der Waals surface area contributed by atoms with Crippen molar-refractivity contribution >= 4 is 0 Å². The smallest absolute Gasteiger partial charge is 0.211 e. The van der Waals surface area contributed by atoms with Gasteiger partial charge in [0, 0.05) is 11.6 Å². The topological polar surface area (TPSA) is 39.7 Å². The van der Waals surface area contributed by atoms with E-state index in [0.29, 0.717) is 19.0 Å². The molecule has 2 aliphatic rings. The number of nitrogens with one attached hydrogen (secondary N) is 1. The lowest BCUT2D eigenvalue weighted by Gasteiger charge is -2.23. The van der Waals surface area contributed by atoms with Crippen LogP contribution in [0.4, 0.5) is 4.39 Å². The fraction of sp³-hybridized carbons (Fsp3) is 0.538. The van der Waals surface area contributed by atoms with Gasteiger partial charge in [-0.15, -0.1) is 0 Å². The van der Waals surface area contributed by atoms with E-state index in [4.69, 9.17) is 14.2 Å². The molecule has 0 aliphatic carbocycles. The second-order valence-electron chi connectivity index (χ2n) is 4.49. The molecule has 0 saturated carbocycles. The van der Waals surface area contributed by atoms with E-state index in [-0.39, 0.29) is 17.5 Å². The summed E-state index contributed by atoms with van der Waals surface area (Å²) in [6.07, 6.45) is 2.07. The van der Waals surface area contributed by atoms with Crippen LogP contribution in [0.15, 0.2) is 6.07 Å². The number of hydrogen-bond acceptors (Lipinski definition) is 4. The van der Waals surface area contributed by atoms with Gasteiger partial charge in [0.1, 0.15) is 13.2 Å². The molecule has 0 amide bonds. The molecule has 5 heteroatoms. The molecule has 1 aromatic carbocycles. The summed E-state index contributed by atoms with van der Waals surface area (Å²) < 4.78 is 30.3. The molecular formula is C13H16FNO3. The van der Waals surface area contributed by atoms with E-state index in [2.05, 4.69) is 5.32 Å². The van der Waals surface area contributed by atoms with Crippen molar-refractivity contribution in [3.8, 4) is 17.2 Å². The van der Waals surface area contributed by atoms with E-state index in [0.717, 1.165) is 24.9 Å². The Morgan fingerprint density at radius 1 is 1.39 bits per heavy atom. The summed E-state index contributed by atoms with van der Waals surface area (Å²) in [5.74, 6) is 0.445. The van der Waals surface area contributed by atoms with Crippen molar-refractivity contribution in [1.82, 2.24) is 5.32 Å². The highest BCUT2D eigenvalue weighted by molar-refractivity contribution is 5.54. The second kappa shape index (κ2) is 4.65. The van der Waals surface area contributed by atoms with Crippen LogP contribution in [0, 0.1) is 5.82 Å². The summed E-state index contributed by atoms with van der Waals surface area (Å²) in [7, 11) is 1.48. The highest BCUT2D eigenvalue weighted by Gasteiger charge is 2.28. The van der Waals surface area contributed by atoms with Gasteiger partial charge in [0.2, 0.25) is 11.6 Å². The van der Waals surface area contributed by atoms with Crippen molar-refractivity contribution < 1.29 is 18.6 Å². The van der Waals surface area contributed by atoms with Crippen LogP contribution in [-0.4, -0.2) is 26.9 Å². The van der Waals surface area contributed by atoms with Crippen molar-refractivity contribution in [2.45, 2.75) is 18.9 Å². The van der Waals surface area contributed by atoms with E-state index in [1.54, 1.807) is 0 Å². The van der Waals surface area contributed by atoms with Gasteiger partial charge >= 0.3 is 0 Å². The summed E-state index contributed by atoms with van der Waals surface area (Å²) in [5, 5.41) is 3.34. The zero-order valence-corrected chi connectivity index (χ0v) is 10.3. The van der Waals surface area contributed by atoms with Gasteiger partial charge < -0.3 is 19.5 Å². The zero-order valence-electron chi connectivity index (χ0n) is 10.3. The number of halogens is 1. The summed E-state index contributed by atoms with van der Waals surface area (Å²) >= 11 is 0. The van der Waals surface area contributed by atoms with E-state index in [1.807, 2.05) is 6.07 Å². The van der Waals surface area contributed by atoms with Gasteiger partial charge in [-0.1, -0.05) is 0 Å². The maximum Gasteiger partial charge on any atom is 0.211 e. The number of benzene rings is 1. The molecule has 0 bridgehead atoms. The fourth-order valence-electron chi connectivity index (χ4n) is 2.56. The predicted octanol–water partition coefficient (Wildman–Crippen LogP) is 2.03. The van der Waals surface area contributed by atoms with Crippen LogP contribution < -0.4 is 19.5 Å². The van der Waals surface area contributed by atoms with Gasteiger partial charge in [-0.05, 0) is 25.5 Å². The first-order valence-electron chi connectivity index (χ1n) is 6.20. The minimum Gasteiger partial charge on any atom is -0.493 e. The zero-order chi connectivity index (χ0) is 12.5. The molecule has 4 nitrogen and oxygen atoms in total. The van der Waals surface area contributed by atoms with Crippen molar-refractivity contribution in [3.05, 3.63) is 17.4 Å². The van der Waals surface area contributed by atoms with E-state index < -0.39 is 5.82 Å². The van der Waals surface area contributed by atoms with Gasteiger partial charge in [0.05, 0.1) is 7.11 Å². The maximum absolute atomic E-state index is 14.3. The first kappa shape index (κ1) is 11.6. The van der Waals surface area contributed by atoms with Crippen LogP contribution >= 0.6 is 0 Å². The van der Waals surface area contributed by atoms with Gasteiger partial charge in [-0.2, -0.15) is 4.39 Å². The first-order chi connectivity index (χ1) is 8.81. The second-order valence-corrected chi connectivity index (χ2v) is 4.49. The lowest BCUT2D eigenvalue weighted by Crippen LogP contribution is -2.19. The Kier molecular flexibility index (Phi) is 2.99. The van der Waals surface area contributed by atoms with Crippen molar-refractivity contribution in [2.24, 2.45) is 0 Å². The minimum atomic E-state index is -0.460. The highest BCUT2D eigenvalue weighted by atomic mass is 19.1. The molecule has 98 valence electrons. The number of hydrogen-bond donors (Lipinski definition) is 1. The monoisotopic (exact) mass is 253 g/mol. The van der Waals surface area contributed by atoms with Crippen LogP contribution in [0.2, 0.25) is 0 Å². The highest BCUT2D eigenvalue weighted by Crippen LogP contribution is 2.44. The number of fused-ring (bicyclic) bond motifs is 1. The van der Waals surface area contributed by atoms with Crippen LogP contribution in [-0.2, 0) is 0 Å². The Morgan fingerprint density at radius 2 is 2.22 bits per heavy atom. The summed E-state index contributed by atoms with van der Waals surface area (Å²) in [4.78, 5) is 0. The molecule has 1 fully saturated rings. The lowest BCUT2D eigenvalue weighted by molar-refractivity contribution is 0.162. The Bertz CT molecular complexity index is 458. The first-order valence-corrected chi connectivity index (χ1v) is 6.20. The quantitative estimate of drug-likeness (QED) is 0.875. The third-order valence-electron chi connectivity index (χ3n) is 3.40. The van der Waals surface area contributed by atoms with Crippen molar-refractivity contribution in [3.63, 3.8) is 0 Å². The standard InChI is InChI=1S/C13H16FNO3/c1-16-12-8(9-3-2-4-15-9)7-10-13(11(12)14)18-6-5-17-10/h7,9,15H,2-6H2,1H3. The molecule has 0 aromatic heterocycles. The van der Waals surface area contributed by atoms with E-state index in [9.17, 15) is 4.39 Å². The van der Waals surface area contributed by atoms with E-state index in [1.165, 1.54) is 7.11 Å². The van der Waals surface area contributed by atoms with E-state index >= 15 is 0 Å². The van der Waals surface area contributed by atoms with Gasteiger partial charge in [0.25, 0.3) is 0 Å². The summed E-state index contributed by atoms with van der Waals surface area (Å²) in [5.41, 5.74) is 0.816. The third-order valence-corrected chi connectivity index (χ3v) is 3.40. The van der Waals surface area contributed by atoms with Gasteiger partial charge in [-0.3, -0.25) is 0 Å². The molecule has 1 unspecified atom stereocenters. The predicted molar refractivity (Wildman–Crippen MR) is 63.9 cm³/mol. The van der Waals surface area contributed by atoms with Crippen molar-refractivity contribution in [1.29, 1.82) is 0 Å². The van der Waals surface area contributed by atoms with Crippen molar-refractivity contribution in [2.75, 3.05) is 26.9 Å². The molecule has 0 spiro atoms. The molecule has 2 heterocycles. The molecular weight excluding hydrogens is 237 g/mol. The molecule has 3 rings (SSSR count). The van der Waals surface area contributed by atoms with Crippen LogP contribution in [0.5, 0.6) is 17.2 Å². The number of rotatable bonds is 2. The Hall–Kier alpha value is -1.49. The van der Waals surface area contributed by atoms with Gasteiger partial charge in [-0.25, -0.2) is 0 Å². The van der Waals surface area contributed by atoms with Crippen LogP contribution in [0.25, 0.3) is 0 Å².